The SMILES string of the molecule is CC(C)(C)C1CC/C=C\CC(C(C)(C)C)N(C(C)(C)C)C1C(C)(C)C. The van der Waals surface area contributed by atoms with Crippen molar-refractivity contribution in [2.75, 3.05) is 0 Å². The molecule has 0 aromatic heterocycles. The van der Waals surface area contributed by atoms with Crippen molar-refractivity contribution in [2.45, 2.75) is 120 Å². The summed E-state index contributed by atoms with van der Waals surface area (Å²) in [5.74, 6) is 0.680. The largest absolute Gasteiger partial charge is 0.291 e. The molecule has 1 aliphatic heterocycles. The molecule has 0 aromatic carbocycles. The van der Waals surface area contributed by atoms with Crippen LogP contribution in [0.2, 0.25) is 0 Å². The predicted octanol–water partition coefficient (Wildman–Crippen LogP) is 7.32. The average Bonchev–Trinajstić information content (AvgIpc) is 2.42. The minimum absolute atomic E-state index is 0.150. The van der Waals surface area contributed by atoms with E-state index in [0.717, 1.165) is 6.42 Å². The van der Waals surface area contributed by atoms with Gasteiger partial charge in [-0.05, 0) is 62.2 Å². The van der Waals surface area contributed by atoms with Crippen LogP contribution in [0, 0.1) is 22.2 Å². The van der Waals surface area contributed by atoms with E-state index in [1.807, 2.05) is 0 Å². The van der Waals surface area contributed by atoms with Gasteiger partial charge < -0.3 is 0 Å². The molecular weight excluding hydrogens is 302 g/mol. The number of rotatable bonds is 0. The average molecular weight is 350 g/mol. The summed E-state index contributed by atoms with van der Waals surface area (Å²) in [6.45, 7) is 29.3. The zero-order chi connectivity index (χ0) is 19.8. The van der Waals surface area contributed by atoms with Crippen molar-refractivity contribution in [3.63, 3.8) is 0 Å². The number of hydrogen-bond acceptors (Lipinski definition) is 1. The van der Waals surface area contributed by atoms with Gasteiger partial charge in [-0.3, -0.25) is 4.90 Å². The Kier molecular flexibility index (Phi) is 6.71. The summed E-state index contributed by atoms with van der Waals surface area (Å²) in [7, 11) is 0. The van der Waals surface area contributed by atoms with Gasteiger partial charge in [-0.15, -0.1) is 0 Å². The summed E-state index contributed by atoms with van der Waals surface area (Å²) in [6.07, 6.45) is 8.56. The quantitative estimate of drug-likeness (QED) is 0.414. The molecule has 1 heteroatoms. The Morgan fingerprint density at radius 3 is 1.56 bits per heavy atom. The third-order valence-electron chi connectivity index (χ3n) is 5.96. The van der Waals surface area contributed by atoms with E-state index in [9.17, 15) is 0 Å². The lowest BCUT2D eigenvalue weighted by atomic mass is 9.64. The van der Waals surface area contributed by atoms with Crippen LogP contribution in [0.4, 0.5) is 0 Å². The van der Waals surface area contributed by atoms with E-state index in [4.69, 9.17) is 0 Å². The van der Waals surface area contributed by atoms with Gasteiger partial charge in [-0.2, -0.15) is 0 Å². The van der Waals surface area contributed by atoms with Crippen molar-refractivity contribution >= 4 is 0 Å². The third kappa shape index (κ3) is 5.84. The highest BCUT2D eigenvalue weighted by Crippen LogP contribution is 2.47. The molecule has 0 bridgehead atoms. The molecular formula is C24H47N. The molecule has 0 saturated heterocycles. The Morgan fingerprint density at radius 2 is 1.20 bits per heavy atom. The number of nitrogens with zero attached hydrogens (tertiary/aromatic N) is 1. The topological polar surface area (TPSA) is 3.24 Å². The van der Waals surface area contributed by atoms with E-state index < -0.39 is 0 Å². The second-order valence-electron chi connectivity index (χ2n) is 12.5. The van der Waals surface area contributed by atoms with Crippen LogP contribution >= 0.6 is 0 Å². The van der Waals surface area contributed by atoms with Gasteiger partial charge in [-0.25, -0.2) is 0 Å². The smallest absolute Gasteiger partial charge is 0.0187 e. The fourth-order valence-corrected chi connectivity index (χ4v) is 4.86. The molecule has 0 saturated carbocycles. The van der Waals surface area contributed by atoms with Crippen molar-refractivity contribution in [3.05, 3.63) is 12.2 Å². The first kappa shape index (κ1) is 22.7. The van der Waals surface area contributed by atoms with E-state index in [1.165, 1.54) is 12.8 Å². The first-order valence-electron chi connectivity index (χ1n) is 10.4. The van der Waals surface area contributed by atoms with E-state index in [-0.39, 0.29) is 16.4 Å². The molecule has 0 radical (unpaired) electrons. The molecule has 0 aliphatic carbocycles. The molecule has 0 fully saturated rings. The molecule has 0 aromatic rings. The summed E-state index contributed by atoms with van der Waals surface area (Å²) < 4.78 is 0. The lowest BCUT2D eigenvalue weighted by molar-refractivity contribution is -0.0941. The number of hydrogen-bond donors (Lipinski definition) is 0. The van der Waals surface area contributed by atoms with Crippen molar-refractivity contribution < 1.29 is 0 Å². The van der Waals surface area contributed by atoms with Crippen LogP contribution in [-0.4, -0.2) is 22.5 Å². The van der Waals surface area contributed by atoms with Crippen LogP contribution in [0.1, 0.15) is 102 Å². The van der Waals surface area contributed by atoms with Crippen molar-refractivity contribution in [3.8, 4) is 0 Å². The molecule has 1 aliphatic rings. The van der Waals surface area contributed by atoms with Crippen LogP contribution in [-0.2, 0) is 0 Å². The van der Waals surface area contributed by atoms with Gasteiger partial charge in [-0.1, -0.05) is 74.5 Å². The first-order chi connectivity index (χ1) is 11.0. The lowest BCUT2D eigenvalue weighted by Crippen LogP contribution is -2.64. The molecule has 3 atom stereocenters. The summed E-state index contributed by atoms with van der Waals surface area (Å²) in [5.41, 5.74) is 0.965. The van der Waals surface area contributed by atoms with Gasteiger partial charge in [0.2, 0.25) is 0 Å². The Bertz CT molecular complexity index is 444. The van der Waals surface area contributed by atoms with Crippen LogP contribution in [0.3, 0.4) is 0 Å². The summed E-state index contributed by atoms with van der Waals surface area (Å²) in [5, 5.41) is 0. The predicted molar refractivity (Wildman–Crippen MR) is 114 cm³/mol. The van der Waals surface area contributed by atoms with Crippen LogP contribution in [0.5, 0.6) is 0 Å². The molecule has 148 valence electrons. The van der Waals surface area contributed by atoms with Crippen molar-refractivity contribution in [2.24, 2.45) is 22.2 Å². The molecule has 25 heavy (non-hydrogen) atoms. The molecule has 3 unspecified atom stereocenters. The minimum atomic E-state index is 0.150. The van der Waals surface area contributed by atoms with Gasteiger partial charge in [0.1, 0.15) is 0 Å². The maximum Gasteiger partial charge on any atom is 0.0187 e. The first-order valence-corrected chi connectivity index (χ1v) is 10.4. The molecule has 1 heterocycles. The van der Waals surface area contributed by atoms with E-state index in [1.54, 1.807) is 0 Å². The highest BCUT2D eigenvalue weighted by atomic mass is 15.3. The van der Waals surface area contributed by atoms with E-state index in [2.05, 4.69) is 100 Å². The third-order valence-corrected chi connectivity index (χ3v) is 5.96. The summed E-state index contributed by atoms with van der Waals surface area (Å²) in [4.78, 5) is 2.92. The van der Waals surface area contributed by atoms with Gasteiger partial charge >= 0.3 is 0 Å². The normalized spacial score (nSPS) is 29.7. The van der Waals surface area contributed by atoms with E-state index in [0.29, 0.717) is 23.4 Å². The van der Waals surface area contributed by atoms with Gasteiger partial charge in [0.25, 0.3) is 0 Å². The molecule has 0 N–H and O–H groups in total. The van der Waals surface area contributed by atoms with Crippen molar-refractivity contribution in [1.29, 1.82) is 0 Å². The summed E-state index contributed by atoms with van der Waals surface area (Å²) >= 11 is 0. The van der Waals surface area contributed by atoms with Crippen LogP contribution < -0.4 is 0 Å². The monoisotopic (exact) mass is 349 g/mol. The maximum absolute atomic E-state index is 2.92. The Hall–Kier alpha value is -0.300. The fourth-order valence-electron chi connectivity index (χ4n) is 4.86. The maximum atomic E-state index is 2.92. The van der Waals surface area contributed by atoms with Gasteiger partial charge in [0.15, 0.2) is 0 Å². The molecule has 1 rings (SSSR count). The van der Waals surface area contributed by atoms with Crippen LogP contribution in [0.15, 0.2) is 12.2 Å². The van der Waals surface area contributed by atoms with E-state index >= 15 is 0 Å². The molecule has 0 amide bonds. The standard InChI is InChI=1S/C24H47N/c1-21(2,3)18-16-14-13-15-17-19(22(4,5)6)25(24(10,11)12)20(18)23(7,8)9/h13,15,18-20H,14,16-17H2,1-12H3/b15-13-. The Balaban J connectivity index is 3.66. The second-order valence-corrected chi connectivity index (χ2v) is 12.5. The van der Waals surface area contributed by atoms with Gasteiger partial charge in [0, 0.05) is 17.6 Å². The Morgan fingerprint density at radius 1 is 0.680 bits per heavy atom. The fraction of sp³-hybridized carbons (Fsp3) is 0.917. The minimum Gasteiger partial charge on any atom is -0.291 e. The zero-order valence-corrected chi connectivity index (χ0v) is 19.5. The lowest BCUT2D eigenvalue weighted by Gasteiger charge is -2.58. The Labute approximate surface area is 159 Å². The van der Waals surface area contributed by atoms with Crippen molar-refractivity contribution in [1.82, 2.24) is 4.90 Å². The highest BCUT2D eigenvalue weighted by Gasteiger charge is 2.49. The second kappa shape index (κ2) is 7.37. The van der Waals surface area contributed by atoms with Gasteiger partial charge in [0.05, 0.1) is 0 Å². The van der Waals surface area contributed by atoms with Crippen LogP contribution in [0.25, 0.3) is 0 Å². The highest BCUT2D eigenvalue weighted by molar-refractivity contribution is 5.05. The molecule has 0 spiro atoms. The molecule has 1 nitrogen and oxygen atoms in total. The summed E-state index contributed by atoms with van der Waals surface area (Å²) in [6, 6.07) is 1.12. The number of allylic oxidation sites excluding steroid dienone is 1. The zero-order valence-electron chi connectivity index (χ0n) is 19.5.